The van der Waals surface area contributed by atoms with E-state index in [1.807, 2.05) is 114 Å². The molecule has 91 heavy (non-hydrogen) atoms. The summed E-state index contributed by atoms with van der Waals surface area (Å²) in [7, 11) is -2.28. The molecule has 4 aliphatic rings. The monoisotopic (exact) mass is 1270 g/mol. The summed E-state index contributed by atoms with van der Waals surface area (Å²) in [5.74, 6) is -4.65. The number of esters is 2. The van der Waals surface area contributed by atoms with E-state index < -0.39 is 103 Å². The van der Waals surface area contributed by atoms with Gasteiger partial charge in [0.15, 0.2) is 8.32 Å². The number of ketones is 2. The van der Waals surface area contributed by atoms with Crippen LogP contribution in [0.3, 0.4) is 0 Å². The maximum absolute atomic E-state index is 14.5. The van der Waals surface area contributed by atoms with Crippen LogP contribution >= 0.6 is 0 Å². The zero-order valence-electron chi connectivity index (χ0n) is 56.4. The molecule has 0 spiro atoms. The maximum atomic E-state index is 14.5. The number of aliphatic hydroxyl groups excluding tert-OH is 1. The average Bonchev–Trinajstić information content (AvgIpc) is 1.40. The fraction of sp³-hybridized carbons (Fsp3) is 0.571. The lowest BCUT2D eigenvalue weighted by Crippen LogP contribution is -2.60. The van der Waals surface area contributed by atoms with Gasteiger partial charge in [0.05, 0.1) is 45.5 Å². The highest BCUT2D eigenvalue weighted by molar-refractivity contribution is 6.74. The summed E-state index contributed by atoms with van der Waals surface area (Å²) >= 11 is 0. The van der Waals surface area contributed by atoms with E-state index in [-0.39, 0.29) is 53.1 Å². The van der Waals surface area contributed by atoms with Gasteiger partial charge in [0.2, 0.25) is 11.8 Å². The molecule has 21 heteroatoms. The molecule has 4 aromatic rings. The number of aromatic nitrogens is 2. The third-order valence-corrected chi connectivity index (χ3v) is 23.9. The number of nitrogens with zero attached hydrogens (tertiary/aromatic N) is 4. The van der Waals surface area contributed by atoms with Crippen LogP contribution in [0.15, 0.2) is 72.8 Å². The van der Waals surface area contributed by atoms with Gasteiger partial charge in [-0.1, -0.05) is 109 Å². The first-order valence-electron chi connectivity index (χ1n) is 32.3. The number of aliphatic hydroxyl groups is 1. The van der Waals surface area contributed by atoms with Crippen molar-refractivity contribution < 1.29 is 57.4 Å². The summed E-state index contributed by atoms with van der Waals surface area (Å²) in [5.41, 5.74) is 7.89. The van der Waals surface area contributed by atoms with E-state index in [9.17, 15) is 43.5 Å². The summed E-state index contributed by atoms with van der Waals surface area (Å²) in [5, 5.41) is 20.8. The van der Waals surface area contributed by atoms with E-state index in [0.29, 0.717) is 55.7 Å². The van der Waals surface area contributed by atoms with Gasteiger partial charge in [0, 0.05) is 48.5 Å². The number of cyclic esters (lactones) is 2. The van der Waals surface area contributed by atoms with Crippen molar-refractivity contribution in [3.63, 3.8) is 0 Å². The van der Waals surface area contributed by atoms with Crippen molar-refractivity contribution >= 4 is 89.4 Å². The Kier molecular flexibility index (Phi) is 23.0. The van der Waals surface area contributed by atoms with Gasteiger partial charge in [0.1, 0.15) is 47.9 Å². The zero-order chi connectivity index (χ0) is 67.2. The predicted molar refractivity (Wildman–Crippen MR) is 353 cm³/mol. The van der Waals surface area contributed by atoms with Crippen LogP contribution in [0.5, 0.6) is 0 Å². The minimum atomic E-state index is -2.28. The Bertz CT molecular complexity index is 3430. The van der Waals surface area contributed by atoms with Crippen LogP contribution in [0.4, 0.5) is 0 Å². The molecule has 20 nitrogen and oxygen atoms in total. The minimum Gasteiger partial charge on any atom is -0.455 e. The third kappa shape index (κ3) is 17.0. The zero-order valence-corrected chi connectivity index (χ0v) is 57.4. The first-order chi connectivity index (χ1) is 42.5. The van der Waals surface area contributed by atoms with Crippen LogP contribution in [0.2, 0.25) is 18.1 Å². The summed E-state index contributed by atoms with van der Waals surface area (Å²) in [4.78, 5) is 118. The van der Waals surface area contributed by atoms with Gasteiger partial charge in [-0.05, 0) is 146 Å². The first kappa shape index (κ1) is 71.4. The first-order valence-corrected chi connectivity index (χ1v) is 35.2. The molecule has 0 aliphatic carbocycles. The second-order valence-electron chi connectivity index (χ2n) is 28.0. The molecule has 2 aromatic heterocycles. The van der Waals surface area contributed by atoms with E-state index in [1.165, 1.54) is 10.0 Å². The van der Waals surface area contributed by atoms with Crippen molar-refractivity contribution in [2.45, 2.75) is 209 Å². The molecule has 2 fully saturated rings. The lowest BCUT2D eigenvalue weighted by molar-refractivity contribution is -0.158. The van der Waals surface area contributed by atoms with Crippen LogP contribution in [0, 0.1) is 34.5 Å². The van der Waals surface area contributed by atoms with Crippen molar-refractivity contribution in [1.29, 1.82) is 0 Å². The number of ether oxygens (including phenoxy) is 2. The van der Waals surface area contributed by atoms with Gasteiger partial charge in [-0.3, -0.25) is 48.4 Å². The molecule has 0 saturated carbocycles. The number of hydrogen-bond donors (Lipinski definition) is 5. The molecule has 12 atom stereocenters. The normalized spacial score (nSPS) is 28.8. The van der Waals surface area contributed by atoms with Gasteiger partial charge < -0.3 is 29.6 Å². The predicted octanol–water partition coefficient (Wildman–Crippen LogP) is 10.00. The average molecular weight is 1270 g/mol. The Hall–Kier alpha value is -7.04. The number of amides is 4. The molecular formula is C70H98N8O12Si. The molecule has 4 amide bonds. The van der Waals surface area contributed by atoms with Gasteiger partial charge in [-0.15, -0.1) is 0 Å². The smallest absolute Gasteiger partial charge is 0.325 e. The van der Waals surface area contributed by atoms with E-state index in [0.717, 1.165) is 27.4 Å². The standard InChI is InChI=1S/C38H56N4O6Si.C32H42N4O6/c1-23(2)29-22-33(43)38(9,26(5)48-49(10,11)37(6,7)8)19-18-27-14-15-28-16-17-30(40-32(28)21-27)25(4)47-36(46)31-13-12-20-42(41-31)35(45)24(3)39-34(29)44;1-18(2)24-17-28(38)32(6,21(5)37)14-13-22-9-10-23-11-12-25(34-27(23)16-22)20(4)42-31(41)26-8-7-15-36(35-26)30(40)19(3)33-29(24)39/h14-19,21,23-26,29,31,41H,12-13,20,22H2,1-11H3,(H,39,44);9-14,16,18-21,24,26,35,37H,7-8,15,17H2,1-6H3,(H,33,39)/b19-18+;14-13+/t24-,25+,26?,29-,31-,38?;19-,20+,21?,24-,26-,32?/m00/s1. The van der Waals surface area contributed by atoms with Crippen molar-refractivity contribution in [3.8, 4) is 0 Å². The van der Waals surface area contributed by atoms with Crippen LogP contribution in [0.1, 0.15) is 177 Å². The highest BCUT2D eigenvalue weighted by Crippen LogP contribution is 2.42. The molecule has 8 rings (SSSR count). The van der Waals surface area contributed by atoms with Crippen molar-refractivity contribution in [2.75, 3.05) is 13.1 Å². The number of benzene rings is 2. The van der Waals surface area contributed by atoms with Crippen molar-refractivity contribution in [3.05, 3.63) is 95.3 Å². The van der Waals surface area contributed by atoms with E-state index >= 15 is 0 Å². The molecule has 2 saturated heterocycles. The number of hydrazine groups is 2. The number of hydrogen-bond acceptors (Lipinski definition) is 16. The van der Waals surface area contributed by atoms with Crippen molar-refractivity contribution in [1.82, 2.24) is 41.5 Å². The molecule has 4 aliphatic heterocycles. The molecular weight excluding hydrogens is 1170 g/mol. The van der Waals surface area contributed by atoms with Crippen LogP contribution < -0.4 is 21.5 Å². The molecule has 10 bridgehead atoms. The largest absolute Gasteiger partial charge is 0.455 e. The van der Waals surface area contributed by atoms with Crippen LogP contribution in [-0.4, -0.2) is 130 Å². The number of carbonyl (C=O) groups excluding carboxylic acids is 8. The van der Waals surface area contributed by atoms with E-state index in [2.05, 4.69) is 55.4 Å². The number of nitrogens with one attached hydrogen (secondary N) is 4. The molecule has 5 N–H and O–H groups in total. The summed E-state index contributed by atoms with van der Waals surface area (Å²) in [6.45, 7) is 32.9. The minimum absolute atomic E-state index is 0.0210. The second-order valence-corrected chi connectivity index (χ2v) is 32.8. The van der Waals surface area contributed by atoms with Crippen LogP contribution in [0.25, 0.3) is 34.0 Å². The maximum Gasteiger partial charge on any atom is 0.325 e. The van der Waals surface area contributed by atoms with Crippen LogP contribution in [-0.2, 0) is 52.3 Å². The fourth-order valence-electron chi connectivity index (χ4n) is 11.4. The number of fused-ring (bicyclic) bond motifs is 8. The molecule has 2 aromatic carbocycles. The number of pyridine rings is 2. The Morgan fingerprint density at radius 3 is 1.37 bits per heavy atom. The number of Topliss-reactive ketones (excluding diaryl/α,β-unsaturated/α-hetero) is 2. The van der Waals surface area contributed by atoms with Crippen molar-refractivity contribution in [2.24, 2.45) is 34.5 Å². The topological polar surface area (TPSA) is 265 Å². The fourth-order valence-corrected chi connectivity index (χ4v) is 12.8. The van der Waals surface area contributed by atoms with Gasteiger partial charge >= 0.3 is 11.9 Å². The number of rotatable bonds is 6. The van der Waals surface area contributed by atoms with Gasteiger partial charge in [-0.25, -0.2) is 20.8 Å². The Morgan fingerprint density at radius 1 is 0.604 bits per heavy atom. The summed E-state index contributed by atoms with van der Waals surface area (Å²) in [6.07, 6.45) is 6.58. The Labute approximate surface area is 537 Å². The lowest BCUT2D eigenvalue weighted by Gasteiger charge is -2.43. The SMILES string of the molecule is CC(C)[C@@H]1CC(=O)C(C)(C(C)O)/C=C/c2ccc3ccc(nc3c2)[C@@H](C)OC(=O)[C@@H]2CCCN(N2)C(=O)[C@H](C)NC1=O.CC(C)[C@@H]1CC(=O)C(C)(C(C)O[Si](C)(C)C(C)(C)C)/C=C/c2ccc3ccc(nc3c2)[C@@H](C)OC(=O)[C@@H]2CCCN(N2)C(=O)[C@H](C)NC1=O. The van der Waals surface area contributed by atoms with Gasteiger partial charge in [-0.2, -0.15) is 0 Å². The molecule has 4 unspecified atom stereocenters. The lowest BCUT2D eigenvalue weighted by atomic mass is 9.75. The number of carbonyl (C=O) groups is 8. The Balaban J connectivity index is 0.000000261. The summed E-state index contributed by atoms with van der Waals surface area (Å²) in [6, 6.07) is 15.9. The van der Waals surface area contributed by atoms with E-state index in [1.54, 1.807) is 53.7 Å². The quantitative estimate of drug-likeness (QED) is 0.0888. The molecule has 494 valence electrons. The van der Waals surface area contributed by atoms with Gasteiger partial charge in [0.25, 0.3) is 11.8 Å². The van der Waals surface area contributed by atoms with E-state index in [4.69, 9.17) is 23.9 Å². The molecule has 6 heterocycles. The third-order valence-electron chi connectivity index (χ3n) is 19.4. The summed E-state index contributed by atoms with van der Waals surface area (Å²) < 4.78 is 18.4. The highest BCUT2D eigenvalue weighted by Gasteiger charge is 2.47. The Morgan fingerprint density at radius 2 is 0.989 bits per heavy atom. The molecule has 0 radical (unpaired) electrons. The highest BCUT2D eigenvalue weighted by atomic mass is 28.4. The second kappa shape index (κ2) is 29.3.